The monoisotopic (exact) mass is 420 g/mol. The molecule has 0 saturated carbocycles. The summed E-state index contributed by atoms with van der Waals surface area (Å²) in [5.74, 6) is 2.80. The normalized spacial score (nSPS) is 16.0. The van der Waals surface area contributed by atoms with E-state index >= 15 is 0 Å². The third-order valence-corrected chi connectivity index (χ3v) is 5.49. The smallest absolute Gasteiger partial charge is 0.164 e. The molecule has 0 aliphatic carbocycles. The average Bonchev–Trinajstić information content (AvgIpc) is 3.03. The van der Waals surface area contributed by atoms with Crippen LogP contribution in [0.15, 0.2) is 30.3 Å². The number of nitrogens with zero attached hydrogens (tertiary/aromatic N) is 1. The molecule has 0 aromatic heterocycles. The fraction of sp³-hybridized carbons (Fsp3) is 0.455. The van der Waals surface area contributed by atoms with Crippen molar-refractivity contribution in [2.45, 2.75) is 12.5 Å². The predicted molar refractivity (Wildman–Crippen MR) is 115 cm³/mol. The van der Waals surface area contributed by atoms with Crippen LogP contribution in [-0.4, -0.2) is 59.5 Å². The van der Waals surface area contributed by atoms with Crippen LogP contribution < -0.4 is 24.3 Å². The molecule has 1 unspecified atom stereocenters. The Labute approximate surface area is 177 Å². The van der Waals surface area contributed by atoms with Crippen molar-refractivity contribution in [3.05, 3.63) is 46.5 Å². The highest BCUT2D eigenvalue weighted by Gasteiger charge is 2.30. The number of benzene rings is 2. The molecule has 7 heteroatoms. The molecule has 0 radical (unpaired) electrons. The van der Waals surface area contributed by atoms with Gasteiger partial charge in [0.1, 0.15) is 11.5 Å². The minimum Gasteiger partial charge on any atom is -0.496 e. The van der Waals surface area contributed by atoms with E-state index in [4.69, 9.17) is 30.5 Å². The van der Waals surface area contributed by atoms with Crippen molar-refractivity contribution in [2.24, 2.45) is 0 Å². The van der Waals surface area contributed by atoms with Gasteiger partial charge in [0, 0.05) is 41.9 Å². The molecule has 0 bridgehead atoms. The van der Waals surface area contributed by atoms with Gasteiger partial charge in [-0.25, -0.2) is 0 Å². The molecule has 3 rings (SSSR count). The molecule has 2 aromatic rings. The predicted octanol–water partition coefficient (Wildman–Crippen LogP) is 3.76. The first kappa shape index (κ1) is 21.6. The molecular weight excluding hydrogens is 392 g/mol. The highest BCUT2D eigenvalue weighted by atomic mass is 35.5. The molecule has 1 fully saturated rings. The zero-order valence-electron chi connectivity index (χ0n) is 17.5. The van der Waals surface area contributed by atoms with Gasteiger partial charge in [-0.05, 0) is 37.2 Å². The highest BCUT2D eigenvalue weighted by molar-refractivity contribution is 6.30. The SMILES string of the molecule is COc1cc(OC)c(C(c2cc(Cl)ccc2OC)N2CCCNCC2)cc1OC. The lowest BCUT2D eigenvalue weighted by Gasteiger charge is -2.33. The summed E-state index contributed by atoms with van der Waals surface area (Å²) < 4.78 is 22.5. The van der Waals surface area contributed by atoms with E-state index in [0.29, 0.717) is 16.5 Å². The minimum absolute atomic E-state index is 0.113. The Morgan fingerprint density at radius 3 is 2.14 bits per heavy atom. The van der Waals surface area contributed by atoms with Crippen LogP contribution in [0.1, 0.15) is 23.6 Å². The van der Waals surface area contributed by atoms with Crippen LogP contribution in [0.3, 0.4) is 0 Å². The molecule has 1 saturated heterocycles. The van der Waals surface area contributed by atoms with Crippen LogP contribution in [0.5, 0.6) is 23.0 Å². The summed E-state index contributed by atoms with van der Waals surface area (Å²) in [4.78, 5) is 2.43. The zero-order chi connectivity index (χ0) is 20.8. The van der Waals surface area contributed by atoms with Crippen LogP contribution >= 0.6 is 11.6 Å². The maximum atomic E-state index is 6.39. The van der Waals surface area contributed by atoms with Crippen LogP contribution in [0.25, 0.3) is 0 Å². The van der Waals surface area contributed by atoms with Crippen LogP contribution in [0, 0.1) is 0 Å². The van der Waals surface area contributed by atoms with E-state index in [2.05, 4.69) is 10.2 Å². The Balaban J connectivity index is 2.22. The lowest BCUT2D eigenvalue weighted by Crippen LogP contribution is -2.33. The second-order valence-electron chi connectivity index (χ2n) is 6.88. The topological polar surface area (TPSA) is 52.2 Å². The summed E-state index contributed by atoms with van der Waals surface area (Å²) >= 11 is 6.39. The number of ether oxygens (including phenoxy) is 4. The van der Waals surface area contributed by atoms with Crippen LogP contribution in [0.2, 0.25) is 5.02 Å². The summed E-state index contributed by atoms with van der Waals surface area (Å²) in [5, 5.41) is 4.13. The highest BCUT2D eigenvalue weighted by Crippen LogP contribution is 2.44. The number of methoxy groups -OCH3 is 4. The number of hydrogen-bond donors (Lipinski definition) is 1. The van der Waals surface area contributed by atoms with Crippen molar-refractivity contribution < 1.29 is 18.9 Å². The van der Waals surface area contributed by atoms with E-state index in [-0.39, 0.29) is 6.04 Å². The zero-order valence-corrected chi connectivity index (χ0v) is 18.2. The van der Waals surface area contributed by atoms with E-state index in [1.54, 1.807) is 28.4 Å². The molecule has 1 aliphatic heterocycles. The molecule has 0 amide bonds. The van der Waals surface area contributed by atoms with Gasteiger partial charge in [0.25, 0.3) is 0 Å². The van der Waals surface area contributed by atoms with Gasteiger partial charge in [0.05, 0.1) is 34.5 Å². The lowest BCUT2D eigenvalue weighted by molar-refractivity contribution is 0.230. The summed E-state index contributed by atoms with van der Waals surface area (Å²) in [5.41, 5.74) is 1.97. The Hall–Kier alpha value is -2.15. The molecule has 1 atom stereocenters. The van der Waals surface area contributed by atoms with Crippen molar-refractivity contribution in [1.82, 2.24) is 10.2 Å². The van der Waals surface area contributed by atoms with E-state index in [1.165, 1.54) is 0 Å². The first-order valence-corrected chi connectivity index (χ1v) is 10.1. The Morgan fingerprint density at radius 1 is 0.793 bits per heavy atom. The second kappa shape index (κ2) is 10.1. The van der Waals surface area contributed by atoms with Gasteiger partial charge in [-0.2, -0.15) is 0 Å². The quantitative estimate of drug-likeness (QED) is 0.736. The van der Waals surface area contributed by atoms with Gasteiger partial charge < -0.3 is 24.3 Å². The van der Waals surface area contributed by atoms with Gasteiger partial charge in [-0.1, -0.05) is 11.6 Å². The van der Waals surface area contributed by atoms with Crippen molar-refractivity contribution >= 4 is 11.6 Å². The molecule has 1 N–H and O–H groups in total. The maximum absolute atomic E-state index is 6.39. The standard InChI is InChI=1S/C22H29ClN2O4/c1-26-18-7-6-15(23)12-16(18)22(25-10-5-8-24-9-11-25)17-13-20(28-3)21(29-4)14-19(17)27-2/h6-7,12-14,22,24H,5,8-11H2,1-4H3. The number of rotatable bonds is 7. The first-order valence-electron chi connectivity index (χ1n) is 9.71. The number of hydrogen-bond acceptors (Lipinski definition) is 6. The summed E-state index contributed by atoms with van der Waals surface area (Å²) in [6.45, 7) is 3.73. The fourth-order valence-electron chi connectivity index (χ4n) is 3.87. The van der Waals surface area contributed by atoms with E-state index in [9.17, 15) is 0 Å². The van der Waals surface area contributed by atoms with E-state index in [0.717, 1.165) is 55.2 Å². The van der Waals surface area contributed by atoms with Gasteiger partial charge >= 0.3 is 0 Å². The van der Waals surface area contributed by atoms with Crippen molar-refractivity contribution in [2.75, 3.05) is 54.6 Å². The third kappa shape index (κ3) is 4.71. The lowest BCUT2D eigenvalue weighted by atomic mass is 9.94. The van der Waals surface area contributed by atoms with Crippen molar-refractivity contribution in [3.8, 4) is 23.0 Å². The number of nitrogens with one attached hydrogen (secondary N) is 1. The fourth-order valence-corrected chi connectivity index (χ4v) is 4.05. The number of halogens is 1. The largest absolute Gasteiger partial charge is 0.496 e. The average molecular weight is 421 g/mol. The summed E-state index contributed by atoms with van der Waals surface area (Å²) in [6, 6.07) is 9.47. The molecular formula is C22H29ClN2O4. The van der Waals surface area contributed by atoms with Crippen molar-refractivity contribution in [1.29, 1.82) is 0 Å². The van der Waals surface area contributed by atoms with E-state index < -0.39 is 0 Å². The molecule has 158 valence electrons. The molecule has 0 spiro atoms. The summed E-state index contributed by atoms with van der Waals surface area (Å²) in [7, 11) is 6.61. The molecule has 1 aliphatic rings. The van der Waals surface area contributed by atoms with Crippen molar-refractivity contribution in [3.63, 3.8) is 0 Å². The first-order chi connectivity index (χ1) is 14.1. The van der Waals surface area contributed by atoms with Crippen LogP contribution in [0.4, 0.5) is 0 Å². The van der Waals surface area contributed by atoms with Crippen LogP contribution in [-0.2, 0) is 0 Å². The molecule has 2 aromatic carbocycles. The third-order valence-electron chi connectivity index (χ3n) is 5.26. The Morgan fingerprint density at radius 2 is 1.45 bits per heavy atom. The van der Waals surface area contributed by atoms with E-state index in [1.807, 2.05) is 30.3 Å². The Bertz CT molecular complexity index is 823. The second-order valence-corrected chi connectivity index (χ2v) is 7.31. The molecule has 1 heterocycles. The maximum Gasteiger partial charge on any atom is 0.164 e. The van der Waals surface area contributed by atoms with Gasteiger partial charge in [0.2, 0.25) is 0 Å². The molecule has 29 heavy (non-hydrogen) atoms. The Kier molecular flexibility index (Phi) is 7.47. The van der Waals surface area contributed by atoms with Gasteiger partial charge in [0.15, 0.2) is 11.5 Å². The van der Waals surface area contributed by atoms with Gasteiger partial charge in [-0.15, -0.1) is 0 Å². The summed E-state index contributed by atoms with van der Waals surface area (Å²) in [6.07, 6.45) is 1.05. The molecule has 6 nitrogen and oxygen atoms in total. The minimum atomic E-state index is -0.113. The van der Waals surface area contributed by atoms with Gasteiger partial charge in [-0.3, -0.25) is 4.90 Å².